The van der Waals surface area contributed by atoms with Gasteiger partial charge in [0.1, 0.15) is 11.3 Å². The molecule has 0 spiro atoms. The van der Waals surface area contributed by atoms with Crippen LogP contribution in [0.3, 0.4) is 0 Å². The quantitative estimate of drug-likeness (QED) is 0.776. The summed E-state index contributed by atoms with van der Waals surface area (Å²) in [6.45, 7) is 3.73. The number of fused-ring (bicyclic) bond motifs is 1. The average molecular weight is 279 g/mol. The van der Waals surface area contributed by atoms with Gasteiger partial charge in [0, 0.05) is 30.4 Å². The third-order valence-corrected chi connectivity index (χ3v) is 3.17. The number of nitrogens with one attached hydrogen (secondary N) is 1. The van der Waals surface area contributed by atoms with Gasteiger partial charge in [-0.15, -0.1) is 0 Å². The van der Waals surface area contributed by atoms with Crippen molar-refractivity contribution >= 4 is 10.9 Å². The highest BCUT2D eigenvalue weighted by atomic mass is 16.5. The Morgan fingerprint density at radius 1 is 1.05 bits per heavy atom. The molecule has 0 aliphatic rings. The maximum atomic E-state index is 5.98. The van der Waals surface area contributed by atoms with Gasteiger partial charge >= 0.3 is 0 Å². The summed E-state index contributed by atoms with van der Waals surface area (Å²) in [7, 11) is 0. The van der Waals surface area contributed by atoms with Crippen LogP contribution in [0.2, 0.25) is 0 Å². The van der Waals surface area contributed by atoms with E-state index in [2.05, 4.69) is 22.2 Å². The molecule has 21 heavy (non-hydrogen) atoms. The summed E-state index contributed by atoms with van der Waals surface area (Å²) in [5.74, 6) is 1.53. The Kier molecular flexibility index (Phi) is 4.07. The summed E-state index contributed by atoms with van der Waals surface area (Å²) in [4.78, 5) is 8.72. The molecule has 2 aromatic heterocycles. The van der Waals surface area contributed by atoms with Gasteiger partial charge < -0.3 is 10.1 Å². The Bertz CT molecular complexity index is 737. The average Bonchev–Trinajstić information content (AvgIpc) is 2.54. The lowest BCUT2D eigenvalue weighted by atomic mass is 10.2. The van der Waals surface area contributed by atoms with Crippen LogP contribution in [0.1, 0.15) is 12.6 Å². The molecule has 3 aromatic rings. The first-order valence-corrected chi connectivity index (χ1v) is 7.04. The summed E-state index contributed by atoms with van der Waals surface area (Å²) in [6, 6.07) is 13.7. The Balaban J connectivity index is 1.88. The third-order valence-electron chi connectivity index (χ3n) is 3.17. The number of ether oxygens (including phenoxy) is 1. The largest absolute Gasteiger partial charge is 0.455 e. The lowest BCUT2D eigenvalue weighted by Gasteiger charge is -2.09. The second-order valence-corrected chi connectivity index (χ2v) is 4.70. The van der Waals surface area contributed by atoms with Gasteiger partial charge in [-0.3, -0.25) is 9.97 Å². The zero-order chi connectivity index (χ0) is 14.5. The van der Waals surface area contributed by atoms with Crippen LogP contribution in [-0.4, -0.2) is 16.5 Å². The maximum absolute atomic E-state index is 5.98. The second-order valence-electron chi connectivity index (χ2n) is 4.70. The summed E-state index contributed by atoms with van der Waals surface area (Å²) < 4.78 is 5.98. The molecule has 0 atom stereocenters. The molecule has 1 N–H and O–H groups in total. The van der Waals surface area contributed by atoms with Crippen LogP contribution in [-0.2, 0) is 6.54 Å². The summed E-state index contributed by atoms with van der Waals surface area (Å²) in [5, 5.41) is 4.32. The van der Waals surface area contributed by atoms with Crippen molar-refractivity contribution in [2.75, 3.05) is 6.54 Å². The Hall–Kier alpha value is -2.46. The highest BCUT2D eigenvalue weighted by molar-refractivity contribution is 5.84. The zero-order valence-electron chi connectivity index (χ0n) is 11.9. The van der Waals surface area contributed by atoms with E-state index >= 15 is 0 Å². The number of benzene rings is 1. The summed E-state index contributed by atoms with van der Waals surface area (Å²) in [6.07, 6.45) is 3.54. The maximum Gasteiger partial charge on any atom is 0.153 e. The predicted molar refractivity (Wildman–Crippen MR) is 83.4 cm³/mol. The number of para-hydroxylation sites is 1. The molecule has 0 radical (unpaired) electrons. The lowest BCUT2D eigenvalue weighted by molar-refractivity contribution is 0.485. The predicted octanol–water partition coefficient (Wildman–Crippen LogP) is 3.53. The molecule has 0 saturated carbocycles. The molecular weight excluding hydrogens is 262 g/mol. The molecule has 0 fully saturated rings. The van der Waals surface area contributed by atoms with E-state index in [0.717, 1.165) is 41.2 Å². The topological polar surface area (TPSA) is 47.0 Å². The van der Waals surface area contributed by atoms with E-state index in [1.807, 2.05) is 42.5 Å². The fraction of sp³-hybridized carbons (Fsp3) is 0.176. The van der Waals surface area contributed by atoms with E-state index in [0.29, 0.717) is 0 Å². The van der Waals surface area contributed by atoms with Crippen molar-refractivity contribution in [3.8, 4) is 11.5 Å². The van der Waals surface area contributed by atoms with E-state index in [1.165, 1.54) is 0 Å². The number of pyridine rings is 2. The first-order valence-electron chi connectivity index (χ1n) is 7.04. The molecule has 106 valence electrons. The van der Waals surface area contributed by atoms with Crippen molar-refractivity contribution in [2.24, 2.45) is 0 Å². The molecule has 4 nitrogen and oxygen atoms in total. The summed E-state index contributed by atoms with van der Waals surface area (Å²) >= 11 is 0. The smallest absolute Gasteiger partial charge is 0.153 e. The van der Waals surface area contributed by atoms with Crippen molar-refractivity contribution in [1.82, 2.24) is 15.3 Å². The van der Waals surface area contributed by atoms with Crippen LogP contribution in [0.4, 0.5) is 0 Å². The van der Waals surface area contributed by atoms with Crippen LogP contribution in [0.15, 0.2) is 54.9 Å². The molecule has 1 aromatic carbocycles. The molecule has 0 aliphatic heterocycles. The van der Waals surface area contributed by atoms with Crippen molar-refractivity contribution < 1.29 is 4.74 Å². The van der Waals surface area contributed by atoms with Crippen LogP contribution in [0.25, 0.3) is 10.9 Å². The molecule has 0 bridgehead atoms. The van der Waals surface area contributed by atoms with Crippen LogP contribution >= 0.6 is 0 Å². The molecule has 3 rings (SSSR count). The van der Waals surface area contributed by atoms with E-state index in [9.17, 15) is 0 Å². The molecular formula is C17H17N3O. The zero-order valence-corrected chi connectivity index (χ0v) is 11.9. The molecule has 0 saturated heterocycles. The van der Waals surface area contributed by atoms with Crippen LogP contribution in [0.5, 0.6) is 11.5 Å². The van der Waals surface area contributed by atoms with Crippen LogP contribution < -0.4 is 10.1 Å². The number of aromatic nitrogens is 2. The number of hydrogen-bond acceptors (Lipinski definition) is 4. The Morgan fingerprint density at radius 2 is 1.95 bits per heavy atom. The monoisotopic (exact) mass is 279 g/mol. The van der Waals surface area contributed by atoms with Gasteiger partial charge in [-0.2, -0.15) is 0 Å². The Labute approximate surface area is 123 Å². The molecule has 4 heteroatoms. The van der Waals surface area contributed by atoms with E-state index in [-0.39, 0.29) is 0 Å². The first-order chi connectivity index (χ1) is 10.4. The number of nitrogens with zero attached hydrogens (tertiary/aromatic N) is 2. The first kappa shape index (κ1) is 13.5. The second kappa shape index (κ2) is 6.33. The van der Waals surface area contributed by atoms with Gasteiger partial charge in [0.15, 0.2) is 5.75 Å². The van der Waals surface area contributed by atoms with Gasteiger partial charge in [-0.1, -0.05) is 25.1 Å². The standard InChI is InChI=1S/C17H17N3O/c1-2-18-12-14-11-15(8-10-19-14)21-16-7-3-5-13-6-4-9-20-17(13)16/h3-11,18H,2,12H2,1H3. The van der Waals surface area contributed by atoms with Gasteiger partial charge in [0.05, 0.1) is 5.69 Å². The molecule has 0 amide bonds. The van der Waals surface area contributed by atoms with E-state index < -0.39 is 0 Å². The third kappa shape index (κ3) is 3.17. The normalized spacial score (nSPS) is 10.7. The fourth-order valence-corrected chi connectivity index (χ4v) is 2.15. The minimum absolute atomic E-state index is 0.738. The molecule has 0 unspecified atom stereocenters. The number of hydrogen-bond donors (Lipinski definition) is 1. The SMILES string of the molecule is CCNCc1cc(Oc2cccc3cccnc23)ccn1. The fourth-order valence-electron chi connectivity index (χ4n) is 2.15. The van der Waals surface area contributed by atoms with Crippen LogP contribution in [0, 0.1) is 0 Å². The van der Waals surface area contributed by atoms with E-state index in [1.54, 1.807) is 12.4 Å². The summed E-state index contributed by atoms with van der Waals surface area (Å²) in [5.41, 5.74) is 1.83. The van der Waals surface area contributed by atoms with Gasteiger partial charge in [-0.25, -0.2) is 0 Å². The van der Waals surface area contributed by atoms with Gasteiger partial charge in [0.25, 0.3) is 0 Å². The van der Waals surface area contributed by atoms with Gasteiger partial charge in [-0.05, 0) is 24.7 Å². The lowest BCUT2D eigenvalue weighted by Crippen LogP contribution is -2.12. The molecule has 0 aliphatic carbocycles. The molecule has 2 heterocycles. The van der Waals surface area contributed by atoms with Crippen molar-refractivity contribution in [3.05, 3.63) is 60.6 Å². The Morgan fingerprint density at radius 3 is 2.86 bits per heavy atom. The highest BCUT2D eigenvalue weighted by Crippen LogP contribution is 2.28. The minimum atomic E-state index is 0.738. The van der Waals surface area contributed by atoms with Gasteiger partial charge in [0.2, 0.25) is 0 Å². The van der Waals surface area contributed by atoms with Crippen molar-refractivity contribution in [1.29, 1.82) is 0 Å². The number of rotatable bonds is 5. The van der Waals surface area contributed by atoms with Crippen molar-refractivity contribution in [2.45, 2.75) is 13.5 Å². The van der Waals surface area contributed by atoms with E-state index in [4.69, 9.17) is 4.74 Å². The highest BCUT2D eigenvalue weighted by Gasteiger charge is 2.05. The minimum Gasteiger partial charge on any atom is -0.455 e. The van der Waals surface area contributed by atoms with Crippen molar-refractivity contribution in [3.63, 3.8) is 0 Å².